The first-order valence-corrected chi connectivity index (χ1v) is 6.93. The van der Waals surface area contributed by atoms with Gasteiger partial charge in [0.1, 0.15) is 0 Å². The van der Waals surface area contributed by atoms with Gasteiger partial charge in [-0.05, 0) is 52.7 Å². The van der Waals surface area contributed by atoms with Crippen molar-refractivity contribution in [2.24, 2.45) is 5.92 Å². The molecule has 16 heavy (non-hydrogen) atoms. The van der Waals surface area contributed by atoms with Crippen molar-refractivity contribution in [3.63, 3.8) is 0 Å². The largest absolute Gasteiger partial charge is 0.312 e. The zero-order chi connectivity index (χ0) is 12.2. The molecule has 0 aromatic rings. The fourth-order valence-corrected chi connectivity index (χ4v) is 3.30. The third kappa shape index (κ3) is 2.98. The van der Waals surface area contributed by atoms with E-state index in [-0.39, 0.29) is 0 Å². The minimum atomic E-state index is 0.382. The van der Waals surface area contributed by atoms with E-state index in [1.54, 1.807) is 0 Å². The number of nitrogens with one attached hydrogen (secondary N) is 1. The van der Waals surface area contributed by atoms with Gasteiger partial charge in [-0.15, -0.1) is 0 Å². The topological polar surface area (TPSA) is 15.3 Å². The van der Waals surface area contributed by atoms with E-state index in [9.17, 15) is 0 Å². The maximum absolute atomic E-state index is 3.70. The molecule has 0 saturated heterocycles. The van der Waals surface area contributed by atoms with Crippen LogP contribution in [0.3, 0.4) is 0 Å². The summed E-state index contributed by atoms with van der Waals surface area (Å²) < 4.78 is 0. The summed E-state index contributed by atoms with van der Waals surface area (Å²) >= 11 is 0. The fraction of sp³-hybridized carbons (Fsp3) is 1.00. The van der Waals surface area contributed by atoms with E-state index in [0.29, 0.717) is 11.6 Å². The molecule has 3 atom stereocenters. The molecule has 0 aromatic carbocycles. The summed E-state index contributed by atoms with van der Waals surface area (Å²) in [6.07, 6.45) is 6.72. The van der Waals surface area contributed by atoms with Crippen molar-refractivity contribution in [3.05, 3.63) is 0 Å². The molecule has 96 valence electrons. The zero-order valence-electron chi connectivity index (χ0n) is 11.8. The van der Waals surface area contributed by atoms with Gasteiger partial charge in [0.05, 0.1) is 0 Å². The van der Waals surface area contributed by atoms with E-state index in [1.807, 2.05) is 0 Å². The highest BCUT2D eigenvalue weighted by Crippen LogP contribution is 2.38. The average Bonchev–Trinajstić information content (AvgIpc) is 2.25. The van der Waals surface area contributed by atoms with E-state index < -0.39 is 0 Å². The van der Waals surface area contributed by atoms with Gasteiger partial charge in [-0.25, -0.2) is 0 Å². The monoisotopic (exact) mass is 226 g/mol. The lowest BCUT2D eigenvalue weighted by atomic mass is 9.71. The summed E-state index contributed by atoms with van der Waals surface area (Å²) in [6, 6.07) is 0.602. The Balaban J connectivity index is 2.70. The van der Waals surface area contributed by atoms with Gasteiger partial charge in [0, 0.05) is 11.6 Å². The van der Waals surface area contributed by atoms with Gasteiger partial charge in [-0.3, -0.25) is 0 Å². The lowest BCUT2D eigenvalue weighted by Crippen LogP contribution is -2.59. The van der Waals surface area contributed by atoms with Crippen LogP contribution in [0.5, 0.6) is 0 Å². The van der Waals surface area contributed by atoms with Crippen LogP contribution in [-0.2, 0) is 0 Å². The maximum Gasteiger partial charge on any atom is 0.0356 e. The summed E-state index contributed by atoms with van der Waals surface area (Å²) in [4.78, 5) is 2.47. The Labute approximate surface area is 102 Å². The number of likely N-dealkylation sites (N-methyl/N-ethyl adjacent to an activating group) is 1. The molecule has 0 aromatic heterocycles. The van der Waals surface area contributed by atoms with E-state index in [0.717, 1.165) is 12.5 Å². The normalized spacial score (nSPS) is 33.0. The van der Waals surface area contributed by atoms with Gasteiger partial charge < -0.3 is 10.2 Å². The second-order valence-electron chi connectivity index (χ2n) is 5.88. The van der Waals surface area contributed by atoms with E-state index in [2.05, 4.69) is 45.1 Å². The molecule has 2 nitrogen and oxygen atoms in total. The third-order valence-electron chi connectivity index (χ3n) is 4.41. The Kier molecular flexibility index (Phi) is 5.26. The van der Waals surface area contributed by atoms with Gasteiger partial charge in [0.25, 0.3) is 0 Å². The second-order valence-corrected chi connectivity index (χ2v) is 5.88. The van der Waals surface area contributed by atoms with E-state index in [1.165, 1.54) is 32.1 Å². The molecular weight excluding hydrogens is 196 g/mol. The first-order valence-electron chi connectivity index (χ1n) is 6.93. The van der Waals surface area contributed by atoms with Crippen LogP contribution in [0.4, 0.5) is 0 Å². The standard InChI is InChI=1S/C14H30N2/c1-6-10-15-13(3)14(16(4)5)9-7-8-12(2)11-14/h12-13,15H,6-11H2,1-5H3. The summed E-state index contributed by atoms with van der Waals surface area (Å²) in [6.45, 7) is 8.16. The van der Waals surface area contributed by atoms with Crippen LogP contribution >= 0.6 is 0 Å². The van der Waals surface area contributed by atoms with Crippen molar-refractivity contribution in [1.82, 2.24) is 10.2 Å². The summed E-state index contributed by atoms with van der Waals surface area (Å²) in [7, 11) is 4.50. The van der Waals surface area contributed by atoms with Gasteiger partial charge >= 0.3 is 0 Å². The van der Waals surface area contributed by atoms with Crippen molar-refractivity contribution in [3.8, 4) is 0 Å². The minimum Gasteiger partial charge on any atom is -0.312 e. The summed E-state index contributed by atoms with van der Waals surface area (Å²) in [5.74, 6) is 0.877. The van der Waals surface area contributed by atoms with Crippen LogP contribution in [0.1, 0.15) is 52.9 Å². The molecule has 1 aliphatic rings. The second kappa shape index (κ2) is 6.02. The van der Waals surface area contributed by atoms with E-state index >= 15 is 0 Å². The molecule has 0 aliphatic heterocycles. The highest BCUT2D eigenvalue weighted by molar-refractivity contribution is 4.99. The smallest absolute Gasteiger partial charge is 0.0356 e. The van der Waals surface area contributed by atoms with Crippen LogP contribution in [0.2, 0.25) is 0 Å². The molecular formula is C14H30N2. The van der Waals surface area contributed by atoms with Gasteiger partial charge in [0.2, 0.25) is 0 Å². The molecule has 2 heteroatoms. The van der Waals surface area contributed by atoms with Gasteiger partial charge in [-0.1, -0.05) is 26.7 Å². The molecule has 1 saturated carbocycles. The number of hydrogen-bond acceptors (Lipinski definition) is 2. The van der Waals surface area contributed by atoms with Crippen molar-refractivity contribution in [2.45, 2.75) is 64.5 Å². The molecule has 3 unspecified atom stereocenters. The van der Waals surface area contributed by atoms with Crippen LogP contribution < -0.4 is 5.32 Å². The van der Waals surface area contributed by atoms with Crippen molar-refractivity contribution >= 4 is 0 Å². The van der Waals surface area contributed by atoms with Crippen molar-refractivity contribution in [2.75, 3.05) is 20.6 Å². The van der Waals surface area contributed by atoms with Crippen LogP contribution in [0.25, 0.3) is 0 Å². The Hall–Kier alpha value is -0.0800. The summed E-state index contributed by atoms with van der Waals surface area (Å²) in [5, 5.41) is 3.70. The number of hydrogen-bond donors (Lipinski definition) is 1. The lowest BCUT2D eigenvalue weighted by Gasteiger charge is -2.49. The Bertz CT molecular complexity index is 203. The molecule has 1 aliphatic carbocycles. The van der Waals surface area contributed by atoms with Crippen LogP contribution in [0, 0.1) is 5.92 Å². The summed E-state index contributed by atoms with van der Waals surface area (Å²) in [5.41, 5.74) is 0.382. The molecule has 1 rings (SSSR count). The van der Waals surface area contributed by atoms with Crippen LogP contribution in [-0.4, -0.2) is 37.1 Å². The maximum atomic E-state index is 3.70. The molecule has 1 fully saturated rings. The first kappa shape index (κ1) is 14.0. The van der Waals surface area contributed by atoms with Crippen LogP contribution in [0.15, 0.2) is 0 Å². The minimum absolute atomic E-state index is 0.382. The molecule has 0 bridgehead atoms. The Morgan fingerprint density at radius 3 is 2.62 bits per heavy atom. The molecule has 0 spiro atoms. The number of nitrogens with zero attached hydrogens (tertiary/aromatic N) is 1. The third-order valence-corrected chi connectivity index (χ3v) is 4.41. The van der Waals surface area contributed by atoms with Gasteiger partial charge in [0.15, 0.2) is 0 Å². The van der Waals surface area contributed by atoms with E-state index in [4.69, 9.17) is 0 Å². The van der Waals surface area contributed by atoms with Crippen molar-refractivity contribution < 1.29 is 0 Å². The SMILES string of the molecule is CCCNC(C)C1(N(C)C)CCCC(C)C1. The van der Waals surface area contributed by atoms with Crippen molar-refractivity contribution in [1.29, 1.82) is 0 Å². The fourth-order valence-electron chi connectivity index (χ4n) is 3.30. The zero-order valence-corrected chi connectivity index (χ0v) is 11.8. The quantitative estimate of drug-likeness (QED) is 0.775. The Morgan fingerprint density at radius 1 is 1.44 bits per heavy atom. The highest BCUT2D eigenvalue weighted by Gasteiger charge is 2.41. The highest BCUT2D eigenvalue weighted by atomic mass is 15.2. The molecule has 1 N–H and O–H groups in total. The molecule has 0 heterocycles. The van der Waals surface area contributed by atoms with Gasteiger partial charge in [-0.2, -0.15) is 0 Å². The number of rotatable bonds is 5. The predicted molar refractivity (Wildman–Crippen MR) is 71.8 cm³/mol. The first-order chi connectivity index (χ1) is 7.53. The molecule has 0 radical (unpaired) electrons. The predicted octanol–water partition coefficient (Wildman–Crippen LogP) is 2.89. The molecule has 0 amide bonds. The lowest BCUT2D eigenvalue weighted by molar-refractivity contribution is 0.0435. The average molecular weight is 226 g/mol. The Morgan fingerprint density at radius 2 is 2.12 bits per heavy atom.